The van der Waals surface area contributed by atoms with E-state index in [1.165, 1.54) is 0 Å². The Bertz CT molecular complexity index is 1460. The molecule has 0 radical (unpaired) electrons. The molecule has 0 aliphatic carbocycles. The van der Waals surface area contributed by atoms with Gasteiger partial charge in [0.25, 0.3) is 0 Å². The van der Waals surface area contributed by atoms with E-state index in [-0.39, 0.29) is 16.7 Å². The Morgan fingerprint density at radius 3 is 2.12 bits per heavy atom. The third-order valence-electron chi connectivity index (χ3n) is 4.88. The maximum atomic E-state index is 13.1. The van der Waals surface area contributed by atoms with Crippen molar-refractivity contribution in [1.29, 1.82) is 0 Å². The van der Waals surface area contributed by atoms with Crippen molar-refractivity contribution in [2.45, 2.75) is 5.88 Å². The van der Waals surface area contributed by atoms with Gasteiger partial charge in [0.1, 0.15) is 0 Å². The average Bonchev–Trinajstić information content (AvgIpc) is 2.67. The van der Waals surface area contributed by atoms with Crippen LogP contribution >= 0.6 is 11.6 Å². The summed E-state index contributed by atoms with van der Waals surface area (Å²) in [5.41, 5.74) is 3.42. The molecule has 0 amide bonds. The lowest BCUT2D eigenvalue weighted by molar-refractivity contribution is 1.40. The van der Waals surface area contributed by atoms with Gasteiger partial charge in [-0.2, -0.15) is 0 Å². The molecule has 0 saturated carbocycles. The second-order valence-corrected chi connectivity index (χ2v) is 6.64. The number of hydrogen-bond donors (Lipinski definition) is 2. The summed E-state index contributed by atoms with van der Waals surface area (Å²) in [5.74, 6) is 0.265. The fourth-order valence-electron chi connectivity index (χ4n) is 3.63. The van der Waals surface area contributed by atoms with Crippen molar-refractivity contribution in [2.24, 2.45) is 0 Å². The van der Waals surface area contributed by atoms with Gasteiger partial charge in [-0.15, -0.1) is 11.6 Å². The number of hydrogen-bond acceptors (Lipinski definition) is 2. The van der Waals surface area contributed by atoms with Crippen LogP contribution in [0.25, 0.3) is 43.6 Å². The van der Waals surface area contributed by atoms with Crippen LogP contribution in [0.1, 0.15) is 5.56 Å². The molecule has 0 bridgehead atoms. The number of aromatic amines is 2. The van der Waals surface area contributed by atoms with Gasteiger partial charge >= 0.3 is 0 Å². The van der Waals surface area contributed by atoms with Crippen LogP contribution < -0.4 is 10.9 Å². The molecule has 2 heterocycles. The van der Waals surface area contributed by atoms with E-state index in [9.17, 15) is 9.59 Å². The molecule has 0 atom stereocenters. The molecule has 26 heavy (non-hydrogen) atoms. The predicted octanol–water partition coefficient (Wildman–Crippen LogP) is 4.41. The summed E-state index contributed by atoms with van der Waals surface area (Å²) in [5, 5.41) is 2.32. The van der Waals surface area contributed by atoms with E-state index in [1.54, 1.807) is 18.2 Å². The van der Waals surface area contributed by atoms with Crippen LogP contribution in [0.2, 0.25) is 0 Å². The first-order chi connectivity index (χ1) is 12.7. The van der Waals surface area contributed by atoms with Gasteiger partial charge in [0, 0.05) is 27.6 Å². The number of rotatable bonds is 1. The van der Waals surface area contributed by atoms with Crippen molar-refractivity contribution >= 4 is 55.2 Å². The fraction of sp³-hybridized carbons (Fsp3) is 0.0476. The Hall–Kier alpha value is -3.11. The van der Waals surface area contributed by atoms with E-state index in [0.717, 1.165) is 16.6 Å². The Kier molecular flexibility index (Phi) is 3.18. The fourth-order valence-corrected chi connectivity index (χ4v) is 3.85. The Labute approximate surface area is 152 Å². The zero-order valence-electron chi connectivity index (χ0n) is 13.6. The number of nitrogens with one attached hydrogen (secondary N) is 2. The molecule has 2 aromatic heterocycles. The minimum absolute atomic E-state index is 0.0493. The maximum absolute atomic E-state index is 13.1. The van der Waals surface area contributed by atoms with Crippen LogP contribution in [0.4, 0.5) is 0 Å². The van der Waals surface area contributed by atoms with Gasteiger partial charge in [-0.3, -0.25) is 9.59 Å². The summed E-state index contributed by atoms with van der Waals surface area (Å²) in [6.45, 7) is 0. The van der Waals surface area contributed by atoms with Gasteiger partial charge in [-0.1, -0.05) is 24.3 Å². The summed E-state index contributed by atoms with van der Waals surface area (Å²) in [7, 11) is 0. The standard InChI is InChI=1S/C21H13ClN2O2/c22-10-11-4-3-7-16-19(11)21(26)14-9-17-13(8-18(14)24-16)20(25)12-5-1-2-6-15(12)23-17/h1-9H,10H2,(H,23,25)(H,24,26). The van der Waals surface area contributed by atoms with Gasteiger partial charge in [-0.25, -0.2) is 0 Å². The first-order valence-electron chi connectivity index (χ1n) is 8.26. The molecular formula is C21H13ClN2O2. The van der Waals surface area contributed by atoms with E-state index in [1.807, 2.05) is 36.4 Å². The second kappa shape index (κ2) is 5.44. The zero-order chi connectivity index (χ0) is 17.8. The van der Waals surface area contributed by atoms with Crippen molar-refractivity contribution in [3.05, 3.63) is 80.6 Å². The highest BCUT2D eigenvalue weighted by Crippen LogP contribution is 2.23. The van der Waals surface area contributed by atoms with Gasteiger partial charge < -0.3 is 9.97 Å². The van der Waals surface area contributed by atoms with Crippen LogP contribution in [0, 0.1) is 0 Å². The predicted molar refractivity (Wildman–Crippen MR) is 107 cm³/mol. The van der Waals surface area contributed by atoms with Crippen LogP contribution in [0.15, 0.2) is 64.2 Å². The highest BCUT2D eigenvalue weighted by molar-refractivity contribution is 6.18. The van der Waals surface area contributed by atoms with Crippen molar-refractivity contribution in [3.8, 4) is 0 Å². The normalized spacial score (nSPS) is 11.7. The first kappa shape index (κ1) is 15.2. The molecular weight excluding hydrogens is 348 g/mol. The van der Waals surface area contributed by atoms with E-state index in [4.69, 9.17) is 11.6 Å². The lowest BCUT2D eigenvalue weighted by atomic mass is 10.0. The van der Waals surface area contributed by atoms with Crippen molar-refractivity contribution in [1.82, 2.24) is 9.97 Å². The number of aromatic nitrogens is 2. The molecule has 126 valence electrons. The number of pyridine rings is 2. The lowest BCUT2D eigenvalue weighted by Crippen LogP contribution is -2.09. The summed E-state index contributed by atoms with van der Waals surface area (Å²) in [6, 6.07) is 16.4. The quantitative estimate of drug-likeness (QED) is 0.343. The van der Waals surface area contributed by atoms with E-state index in [2.05, 4.69) is 9.97 Å². The Balaban J connectivity index is 2.01. The molecule has 5 heteroatoms. The zero-order valence-corrected chi connectivity index (χ0v) is 14.4. The van der Waals surface area contributed by atoms with Gasteiger partial charge in [0.15, 0.2) is 10.9 Å². The van der Waals surface area contributed by atoms with Crippen LogP contribution in [-0.4, -0.2) is 9.97 Å². The van der Waals surface area contributed by atoms with E-state index < -0.39 is 0 Å². The first-order valence-corrected chi connectivity index (χ1v) is 8.79. The van der Waals surface area contributed by atoms with E-state index in [0.29, 0.717) is 32.6 Å². The maximum Gasteiger partial charge on any atom is 0.197 e. The van der Waals surface area contributed by atoms with Crippen LogP contribution in [0.5, 0.6) is 0 Å². The molecule has 5 rings (SSSR count). The van der Waals surface area contributed by atoms with Crippen LogP contribution in [0.3, 0.4) is 0 Å². The van der Waals surface area contributed by atoms with Gasteiger partial charge in [0.2, 0.25) is 0 Å². The molecule has 5 aromatic rings. The SMILES string of the molecule is O=c1c2ccccc2[nH]c2cc3c(=O)c4c(CCl)cccc4[nH]c3cc12. The van der Waals surface area contributed by atoms with Gasteiger partial charge in [-0.05, 0) is 35.9 Å². The Morgan fingerprint density at radius 2 is 1.35 bits per heavy atom. The van der Waals surface area contributed by atoms with Gasteiger partial charge in [0.05, 0.1) is 21.9 Å². The molecule has 0 unspecified atom stereocenters. The molecule has 0 saturated heterocycles. The number of H-pyrrole nitrogens is 2. The number of alkyl halides is 1. The lowest BCUT2D eigenvalue weighted by Gasteiger charge is -2.08. The molecule has 3 aromatic carbocycles. The molecule has 0 spiro atoms. The summed E-state index contributed by atoms with van der Waals surface area (Å²) in [4.78, 5) is 32.5. The number of fused-ring (bicyclic) bond motifs is 4. The molecule has 0 aliphatic heterocycles. The summed E-state index contributed by atoms with van der Waals surface area (Å²) < 4.78 is 0. The Morgan fingerprint density at radius 1 is 0.692 bits per heavy atom. The number of para-hydroxylation sites is 1. The average molecular weight is 361 g/mol. The third kappa shape index (κ3) is 2.02. The smallest absolute Gasteiger partial charge is 0.197 e. The molecule has 0 fully saturated rings. The minimum atomic E-state index is -0.0825. The molecule has 0 aliphatic rings. The summed E-state index contributed by atoms with van der Waals surface area (Å²) >= 11 is 6.01. The summed E-state index contributed by atoms with van der Waals surface area (Å²) in [6.07, 6.45) is 0. The van der Waals surface area contributed by atoms with Crippen molar-refractivity contribution in [2.75, 3.05) is 0 Å². The molecule has 2 N–H and O–H groups in total. The highest BCUT2D eigenvalue weighted by Gasteiger charge is 2.12. The minimum Gasteiger partial charge on any atom is -0.354 e. The van der Waals surface area contributed by atoms with E-state index >= 15 is 0 Å². The second-order valence-electron chi connectivity index (χ2n) is 6.37. The van der Waals surface area contributed by atoms with Crippen molar-refractivity contribution in [3.63, 3.8) is 0 Å². The third-order valence-corrected chi connectivity index (χ3v) is 5.17. The topological polar surface area (TPSA) is 65.7 Å². The molecule has 4 nitrogen and oxygen atoms in total. The van der Waals surface area contributed by atoms with Crippen LogP contribution in [-0.2, 0) is 5.88 Å². The number of halogens is 1. The van der Waals surface area contributed by atoms with Crippen molar-refractivity contribution < 1.29 is 0 Å². The highest BCUT2D eigenvalue weighted by atomic mass is 35.5. The largest absolute Gasteiger partial charge is 0.354 e. The monoisotopic (exact) mass is 360 g/mol. The number of benzene rings is 3.